The summed E-state index contributed by atoms with van der Waals surface area (Å²) >= 11 is 1.25. The van der Waals surface area contributed by atoms with Crippen molar-refractivity contribution in [2.24, 2.45) is 0 Å². The first-order valence-electron chi connectivity index (χ1n) is 7.60. The Morgan fingerprint density at radius 2 is 2.17 bits per heavy atom. The molecule has 1 atom stereocenters. The fourth-order valence-corrected chi connectivity index (χ4v) is 2.96. The minimum atomic E-state index is -0.392. The Hall–Kier alpha value is -2.03. The Morgan fingerprint density at radius 3 is 2.83 bits per heavy atom. The van der Waals surface area contributed by atoms with Crippen LogP contribution in [-0.2, 0) is 11.3 Å². The number of nitrogens with one attached hydrogen (secondary N) is 2. The van der Waals surface area contributed by atoms with E-state index in [1.54, 1.807) is 28.4 Å². The van der Waals surface area contributed by atoms with Crippen LogP contribution in [0.25, 0.3) is 0 Å². The summed E-state index contributed by atoms with van der Waals surface area (Å²) in [6.07, 6.45) is 2.47. The lowest BCUT2D eigenvalue weighted by Crippen LogP contribution is -2.25. The van der Waals surface area contributed by atoms with E-state index in [0.29, 0.717) is 17.5 Å². The Bertz CT molecular complexity index is 717. The van der Waals surface area contributed by atoms with E-state index in [9.17, 15) is 9.59 Å². The van der Waals surface area contributed by atoms with Crippen LogP contribution in [-0.4, -0.2) is 35.7 Å². The van der Waals surface area contributed by atoms with Gasteiger partial charge in [0.2, 0.25) is 5.91 Å². The van der Waals surface area contributed by atoms with Crippen molar-refractivity contribution in [3.63, 3.8) is 0 Å². The molecule has 2 heterocycles. The second-order valence-corrected chi connectivity index (χ2v) is 6.78. The van der Waals surface area contributed by atoms with Crippen LogP contribution in [0.15, 0.2) is 22.2 Å². The van der Waals surface area contributed by atoms with Crippen molar-refractivity contribution >= 4 is 23.5 Å². The number of hydrogen-bond acceptors (Lipinski definition) is 5. The molecule has 1 amide bonds. The minimum absolute atomic E-state index is 0.157. The molecule has 1 unspecified atom stereocenters. The quantitative estimate of drug-likeness (QED) is 0.751. The number of carbonyl (C=O) groups is 1. The fourth-order valence-electron chi connectivity index (χ4n) is 2.08. The number of rotatable bonds is 7. The molecule has 0 aromatic carbocycles. The maximum atomic E-state index is 12.4. The van der Waals surface area contributed by atoms with Crippen molar-refractivity contribution in [2.75, 3.05) is 5.32 Å². The first-order valence-corrected chi connectivity index (χ1v) is 8.48. The summed E-state index contributed by atoms with van der Waals surface area (Å²) in [5.74, 6) is 0.501. The lowest BCUT2D eigenvalue weighted by Gasteiger charge is -2.14. The Balaban J connectivity index is 2.06. The van der Waals surface area contributed by atoms with Crippen LogP contribution < -0.4 is 11.0 Å². The number of H-pyrrole nitrogens is 1. The van der Waals surface area contributed by atoms with Crippen LogP contribution in [0.4, 0.5) is 5.82 Å². The minimum Gasteiger partial charge on any atom is -0.310 e. The lowest BCUT2D eigenvalue weighted by molar-refractivity contribution is -0.115. The van der Waals surface area contributed by atoms with Crippen molar-refractivity contribution in [3.8, 4) is 0 Å². The molecule has 0 radical (unpaired) electrons. The van der Waals surface area contributed by atoms with Gasteiger partial charge in [-0.05, 0) is 27.2 Å². The van der Waals surface area contributed by atoms with Crippen LogP contribution >= 0.6 is 11.8 Å². The summed E-state index contributed by atoms with van der Waals surface area (Å²) in [4.78, 5) is 24.0. The van der Waals surface area contributed by atoms with Crippen LogP contribution in [0.1, 0.15) is 40.2 Å². The normalized spacial score (nSPS) is 12.6. The van der Waals surface area contributed by atoms with Crippen LogP contribution in [0.5, 0.6) is 0 Å². The standard InChI is InChI=1S/C14H22N6O2S/c1-5-8-19-13(22)17-18-14(19)23-10(4)12(21)16-11-6-7-15-20(11)9(2)3/h6-7,9-10H,5,8H2,1-4H3,(H,16,21)(H,17,22). The third-order valence-electron chi connectivity index (χ3n) is 3.23. The molecule has 0 spiro atoms. The SMILES string of the molecule is CCCn1c(SC(C)C(=O)Nc2ccnn2C(C)C)n[nH]c1=O. The number of thioether (sulfide) groups is 1. The molecule has 0 aliphatic heterocycles. The number of aromatic nitrogens is 5. The van der Waals surface area contributed by atoms with Gasteiger partial charge in [-0.15, -0.1) is 5.10 Å². The molecule has 8 nitrogen and oxygen atoms in total. The van der Waals surface area contributed by atoms with Crippen molar-refractivity contribution in [1.29, 1.82) is 0 Å². The molecule has 2 rings (SSSR count). The molecule has 2 aromatic rings. The second kappa shape index (κ2) is 7.49. The molecule has 0 aliphatic rings. The average Bonchev–Trinajstić information content (AvgIpc) is 3.09. The Labute approximate surface area is 138 Å². The zero-order valence-electron chi connectivity index (χ0n) is 13.7. The summed E-state index contributed by atoms with van der Waals surface area (Å²) in [7, 11) is 0. The molecule has 23 heavy (non-hydrogen) atoms. The average molecular weight is 338 g/mol. The number of nitrogens with zero attached hydrogens (tertiary/aromatic N) is 4. The molecule has 0 fully saturated rings. The van der Waals surface area contributed by atoms with E-state index in [1.165, 1.54) is 11.8 Å². The van der Waals surface area contributed by atoms with Gasteiger partial charge < -0.3 is 5.32 Å². The number of hydrogen-bond donors (Lipinski definition) is 2. The van der Waals surface area contributed by atoms with E-state index in [0.717, 1.165) is 6.42 Å². The first-order chi connectivity index (χ1) is 10.9. The highest BCUT2D eigenvalue weighted by Gasteiger charge is 2.20. The van der Waals surface area contributed by atoms with Gasteiger partial charge in [0.15, 0.2) is 5.16 Å². The molecular formula is C14H22N6O2S. The second-order valence-electron chi connectivity index (χ2n) is 5.47. The molecule has 2 N–H and O–H groups in total. The highest BCUT2D eigenvalue weighted by molar-refractivity contribution is 8.00. The van der Waals surface area contributed by atoms with Gasteiger partial charge in [0, 0.05) is 18.7 Å². The third kappa shape index (κ3) is 4.04. The molecule has 9 heteroatoms. The number of aromatic amines is 1. The summed E-state index contributed by atoms with van der Waals surface area (Å²) in [5, 5.41) is 13.6. The molecule has 126 valence electrons. The summed E-state index contributed by atoms with van der Waals surface area (Å²) in [5.41, 5.74) is -0.250. The number of carbonyl (C=O) groups excluding carboxylic acids is 1. The van der Waals surface area contributed by atoms with E-state index < -0.39 is 5.25 Å². The van der Waals surface area contributed by atoms with Gasteiger partial charge >= 0.3 is 5.69 Å². The van der Waals surface area contributed by atoms with Gasteiger partial charge in [-0.25, -0.2) is 14.6 Å². The highest BCUT2D eigenvalue weighted by atomic mass is 32.2. The highest BCUT2D eigenvalue weighted by Crippen LogP contribution is 2.22. The van der Waals surface area contributed by atoms with Gasteiger partial charge in [-0.3, -0.25) is 9.36 Å². The lowest BCUT2D eigenvalue weighted by atomic mass is 10.4. The van der Waals surface area contributed by atoms with E-state index in [4.69, 9.17) is 0 Å². The number of anilines is 1. The van der Waals surface area contributed by atoms with E-state index in [-0.39, 0.29) is 17.6 Å². The van der Waals surface area contributed by atoms with Crippen molar-refractivity contribution in [2.45, 2.75) is 57.1 Å². The van der Waals surface area contributed by atoms with Crippen LogP contribution in [0.2, 0.25) is 0 Å². The molecular weight excluding hydrogens is 316 g/mol. The molecule has 0 saturated carbocycles. The van der Waals surface area contributed by atoms with Gasteiger partial charge in [0.25, 0.3) is 0 Å². The van der Waals surface area contributed by atoms with Crippen LogP contribution in [0.3, 0.4) is 0 Å². The first kappa shape index (κ1) is 17.3. The molecule has 0 saturated heterocycles. The predicted octanol–water partition coefficient (Wildman–Crippen LogP) is 1.88. The van der Waals surface area contributed by atoms with Gasteiger partial charge in [-0.2, -0.15) is 5.10 Å². The van der Waals surface area contributed by atoms with E-state index in [2.05, 4.69) is 20.6 Å². The summed E-state index contributed by atoms with van der Waals surface area (Å²) in [6, 6.07) is 1.92. The Kier molecular flexibility index (Phi) is 5.64. The fraction of sp³-hybridized carbons (Fsp3) is 0.571. The van der Waals surface area contributed by atoms with E-state index >= 15 is 0 Å². The monoisotopic (exact) mass is 338 g/mol. The third-order valence-corrected chi connectivity index (χ3v) is 4.32. The Morgan fingerprint density at radius 1 is 1.43 bits per heavy atom. The zero-order valence-corrected chi connectivity index (χ0v) is 14.6. The summed E-state index contributed by atoms with van der Waals surface area (Å²) in [6.45, 7) is 8.33. The van der Waals surface area contributed by atoms with Crippen LogP contribution in [0, 0.1) is 0 Å². The largest absolute Gasteiger partial charge is 0.343 e. The van der Waals surface area contributed by atoms with Crippen molar-refractivity contribution in [1.82, 2.24) is 24.5 Å². The molecule has 0 bridgehead atoms. The van der Waals surface area contributed by atoms with Crippen molar-refractivity contribution < 1.29 is 4.79 Å². The maximum Gasteiger partial charge on any atom is 0.343 e. The maximum absolute atomic E-state index is 12.4. The van der Waals surface area contributed by atoms with Gasteiger partial charge in [0.05, 0.1) is 11.4 Å². The van der Waals surface area contributed by atoms with Gasteiger partial charge in [-0.1, -0.05) is 18.7 Å². The molecule has 0 aliphatic carbocycles. The summed E-state index contributed by atoms with van der Waals surface area (Å²) < 4.78 is 3.30. The number of amides is 1. The predicted molar refractivity (Wildman–Crippen MR) is 89.7 cm³/mol. The zero-order chi connectivity index (χ0) is 17.0. The topological polar surface area (TPSA) is 97.6 Å². The smallest absolute Gasteiger partial charge is 0.310 e. The van der Waals surface area contributed by atoms with E-state index in [1.807, 2.05) is 20.8 Å². The van der Waals surface area contributed by atoms with Gasteiger partial charge in [0.1, 0.15) is 5.82 Å². The molecule has 2 aromatic heterocycles. The van der Waals surface area contributed by atoms with Crippen molar-refractivity contribution in [3.05, 3.63) is 22.7 Å².